The molecule has 0 unspecified atom stereocenters. The molecule has 17 heavy (non-hydrogen) atoms. The van der Waals surface area contributed by atoms with Gasteiger partial charge >= 0.3 is 0 Å². The van der Waals surface area contributed by atoms with Gasteiger partial charge in [-0.15, -0.1) is 0 Å². The van der Waals surface area contributed by atoms with E-state index in [0.29, 0.717) is 10.8 Å². The number of rotatable bonds is 1. The van der Waals surface area contributed by atoms with Crippen LogP contribution in [0.5, 0.6) is 11.5 Å². The van der Waals surface area contributed by atoms with Crippen molar-refractivity contribution in [2.75, 3.05) is 13.7 Å². The van der Waals surface area contributed by atoms with E-state index in [4.69, 9.17) is 16.3 Å². The first-order chi connectivity index (χ1) is 8.20. The summed E-state index contributed by atoms with van der Waals surface area (Å²) >= 11 is 5.98. The quantitative estimate of drug-likeness (QED) is 0.836. The second-order valence-corrected chi connectivity index (χ2v) is 4.71. The van der Waals surface area contributed by atoms with Gasteiger partial charge in [0.05, 0.1) is 12.1 Å². The molecule has 0 atom stereocenters. The first kappa shape index (κ1) is 10.7. The Balaban J connectivity index is 2.19. The van der Waals surface area contributed by atoms with Gasteiger partial charge in [-0.1, -0.05) is 11.6 Å². The van der Waals surface area contributed by atoms with Crippen LogP contribution in [0.15, 0.2) is 11.1 Å². The number of nitrogens with zero attached hydrogens (tertiary/aromatic N) is 2. The predicted molar refractivity (Wildman–Crippen MR) is 66.4 cm³/mol. The number of methoxy groups -OCH3 is 1. The Hall–Kier alpha value is -1.42. The van der Waals surface area contributed by atoms with E-state index >= 15 is 0 Å². The zero-order valence-electron chi connectivity index (χ0n) is 9.53. The Bertz CT molecular complexity index is 514. The fourth-order valence-electron chi connectivity index (χ4n) is 2.44. The second-order valence-electron chi connectivity index (χ2n) is 4.30. The van der Waals surface area contributed by atoms with Gasteiger partial charge in [-0.25, -0.2) is 4.99 Å². The molecule has 0 aliphatic carbocycles. The number of aromatic hydroxyl groups is 1. The second kappa shape index (κ2) is 3.81. The fraction of sp³-hybridized carbons (Fsp3) is 0.417. The number of hydrogen-bond acceptors (Lipinski definition) is 4. The molecule has 0 bridgehead atoms. The highest BCUT2D eigenvalue weighted by Gasteiger charge is 2.28. The molecule has 3 rings (SSSR count). The van der Waals surface area contributed by atoms with Crippen LogP contribution in [-0.2, 0) is 6.54 Å². The van der Waals surface area contributed by atoms with E-state index in [9.17, 15) is 5.11 Å². The first-order valence-corrected chi connectivity index (χ1v) is 5.99. The highest BCUT2D eigenvalue weighted by atomic mass is 35.5. The predicted octanol–water partition coefficient (Wildman–Crippen LogP) is 2.69. The summed E-state index contributed by atoms with van der Waals surface area (Å²) in [6.45, 7) is 1.84. The third kappa shape index (κ3) is 1.55. The maximum absolute atomic E-state index is 9.85. The summed E-state index contributed by atoms with van der Waals surface area (Å²) in [4.78, 5) is 6.82. The third-order valence-corrected chi connectivity index (χ3v) is 3.55. The Morgan fingerprint density at radius 1 is 1.53 bits per heavy atom. The van der Waals surface area contributed by atoms with Crippen molar-refractivity contribution in [3.05, 3.63) is 16.7 Å². The SMILES string of the molecule is COc1c(O)c(Cl)cc2c1N=C1CCCN1C2. The van der Waals surface area contributed by atoms with E-state index in [0.717, 1.165) is 43.0 Å². The molecule has 0 amide bonds. The summed E-state index contributed by atoms with van der Waals surface area (Å²) < 4.78 is 5.21. The Labute approximate surface area is 104 Å². The van der Waals surface area contributed by atoms with Crippen LogP contribution in [0.4, 0.5) is 5.69 Å². The van der Waals surface area contributed by atoms with Crippen molar-refractivity contribution < 1.29 is 9.84 Å². The van der Waals surface area contributed by atoms with E-state index < -0.39 is 0 Å². The number of phenolic OH excluding ortho intramolecular Hbond substituents is 1. The molecule has 1 saturated heterocycles. The van der Waals surface area contributed by atoms with Crippen molar-refractivity contribution >= 4 is 23.1 Å². The third-order valence-electron chi connectivity index (χ3n) is 3.26. The minimum Gasteiger partial charge on any atom is -0.503 e. The molecule has 0 saturated carbocycles. The van der Waals surface area contributed by atoms with Gasteiger partial charge in [-0.2, -0.15) is 0 Å². The standard InChI is InChI=1S/C12H13ClN2O2/c1-17-12-10-7(5-8(13)11(12)16)6-15-4-2-3-9(15)14-10/h5,16H,2-4,6H2,1H3. The maximum atomic E-state index is 9.85. The number of halogens is 1. The summed E-state index contributed by atoms with van der Waals surface area (Å²) in [5, 5.41) is 10.2. The van der Waals surface area contributed by atoms with Crippen LogP contribution >= 0.6 is 11.6 Å². The molecule has 0 spiro atoms. The number of amidine groups is 1. The van der Waals surface area contributed by atoms with Crippen LogP contribution in [0.2, 0.25) is 5.02 Å². The lowest BCUT2D eigenvalue weighted by Crippen LogP contribution is -2.26. The van der Waals surface area contributed by atoms with Crippen molar-refractivity contribution in [2.45, 2.75) is 19.4 Å². The normalized spacial score (nSPS) is 17.5. The molecule has 1 aromatic carbocycles. The monoisotopic (exact) mass is 252 g/mol. The van der Waals surface area contributed by atoms with E-state index in [1.807, 2.05) is 0 Å². The molecule has 5 heteroatoms. The van der Waals surface area contributed by atoms with Crippen molar-refractivity contribution in [3.63, 3.8) is 0 Å². The molecule has 1 fully saturated rings. The molecule has 2 aliphatic heterocycles. The van der Waals surface area contributed by atoms with E-state index in [1.54, 1.807) is 6.07 Å². The molecule has 0 radical (unpaired) electrons. The molecule has 1 aromatic rings. The molecule has 2 aliphatic rings. The molecule has 2 heterocycles. The lowest BCUT2D eigenvalue weighted by Gasteiger charge is -2.26. The number of hydrogen-bond donors (Lipinski definition) is 1. The van der Waals surface area contributed by atoms with Crippen molar-refractivity contribution in [2.24, 2.45) is 4.99 Å². The minimum atomic E-state index is -0.0243. The Morgan fingerprint density at radius 3 is 3.12 bits per heavy atom. The minimum absolute atomic E-state index is 0.0243. The summed E-state index contributed by atoms with van der Waals surface area (Å²) in [5.41, 5.74) is 1.73. The molecule has 0 aromatic heterocycles. The Morgan fingerprint density at radius 2 is 2.35 bits per heavy atom. The number of aliphatic imine (C=N–C) groups is 1. The number of fused-ring (bicyclic) bond motifs is 2. The van der Waals surface area contributed by atoms with Gasteiger partial charge in [0.1, 0.15) is 11.5 Å². The van der Waals surface area contributed by atoms with E-state index in [2.05, 4.69) is 9.89 Å². The average Bonchev–Trinajstić information content (AvgIpc) is 2.75. The van der Waals surface area contributed by atoms with Crippen molar-refractivity contribution in [1.29, 1.82) is 0 Å². The zero-order valence-corrected chi connectivity index (χ0v) is 10.3. The topological polar surface area (TPSA) is 45.1 Å². The van der Waals surface area contributed by atoms with E-state index in [-0.39, 0.29) is 5.75 Å². The van der Waals surface area contributed by atoms with Gasteiger partial charge in [-0.05, 0) is 12.5 Å². The zero-order chi connectivity index (χ0) is 12.0. The lowest BCUT2D eigenvalue weighted by molar-refractivity contribution is 0.371. The smallest absolute Gasteiger partial charge is 0.188 e. The van der Waals surface area contributed by atoms with Crippen LogP contribution in [-0.4, -0.2) is 29.5 Å². The fourth-order valence-corrected chi connectivity index (χ4v) is 2.66. The first-order valence-electron chi connectivity index (χ1n) is 5.61. The van der Waals surface area contributed by atoms with Crippen LogP contribution in [0, 0.1) is 0 Å². The average molecular weight is 253 g/mol. The van der Waals surface area contributed by atoms with Gasteiger partial charge < -0.3 is 14.7 Å². The largest absolute Gasteiger partial charge is 0.503 e. The van der Waals surface area contributed by atoms with Gasteiger partial charge in [0.25, 0.3) is 0 Å². The van der Waals surface area contributed by atoms with Crippen LogP contribution in [0.3, 0.4) is 0 Å². The van der Waals surface area contributed by atoms with Crippen LogP contribution < -0.4 is 4.74 Å². The Kier molecular flexibility index (Phi) is 2.40. The summed E-state index contributed by atoms with van der Waals surface area (Å²) in [6, 6.07) is 1.77. The van der Waals surface area contributed by atoms with Gasteiger partial charge in [0.2, 0.25) is 0 Å². The van der Waals surface area contributed by atoms with Gasteiger partial charge in [0, 0.05) is 25.1 Å². The van der Waals surface area contributed by atoms with Crippen LogP contribution in [0.1, 0.15) is 18.4 Å². The van der Waals surface area contributed by atoms with Crippen molar-refractivity contribution in [3.8, 4) is 11.5 Å². The van der Waals surface area contributed by atoms with E-state index in [1.165, 1.54) is 7.11 Å². The molecule has 1 N–H and O–H groups in total. The summed E-state index contributed by atoms with van der Waals surface area (Å²) in [5.74, 6) is 1.44. The molecular formula is C12H13ClN2O2. The van der Waals surface area contributed by atoms with Gasteiger partial charge in [-0.3, -0.25) is 0 Å². The van der Waals surface area contributed by atoms with Gasteiger partial charge in [0.15, 0.2) is 11.5 Å². The number of benzene rings is 1. The highest BCUT2D eigenvalue weighted by molar-refractivity contribution is 6.32. The number of ether oxygens (including phenoxy) is 1. The van der Waals surface area contributed by atoms with Crippen LogP contribution in [0.25, 0.3) is 0 Å². The lowest BCUT2D eigenvalue weighted by atomic mass is 10.1. The molecule has 4 nitrogen and oxygen atoms in total. The number of phenols is 1. The van der Waals surface area contributed by atoms with Crippen molar-refractivity contribution in [1.82, 2.24) is 4.90 Å². The molecule has 90 valence electrons. The summed E-state index contributed by atoms with van der Waals surface area (Å²) in [7, 11) is 1.52. The summed E-state index contributed by atoms with van der Waals surface area (Å²) in [6.07, 6.45) is 2.13. The molecular weight excluding hydrogens is 240 g/mol. The highest BCUT2D eigenvalue weighted by Crippen LogP contribution is 2.46. The maximum Gasteiger partial charge on any atom is 0.188 e.